The molecule has 0 saturated heterocycles. The van der Waals surface area contributed by atoms with E-state index in [0.29, 0.717) is 11.8 Å². The summed E-state index contributed by atoms with van der Waals surface area (Å²) < 4.78 is 0. The minimum absolute atomic E-state index is 0.0641. The summed E-state index contributed by atoms with van der Waals surface area (Å²) in [6, 6.07) is 11.0. The summed E-state index contributed by atoms with van der Waals surface area (Å²) in [7, 11) is 0. The predicted molar refractivity (Wildman–Crippen MR) is 107 cm³/mol. The summed E-state index contributed by atoms with van der Waals surface area (Å²) in [6.45, 7) is 10.2. The van der Waals surface area contributed by atoms with Gasteiger partial charge in [0.2, 0.25) is 0 Å². The summed E-state index contributed by atoms with van der Waals surface area (Å²) in [5.41, 5.74) is 0.931. The third kappa shape index (κ3) is 5.09. The summed E-state index contributed by atoms with van der Waals surface area (Å²) in [6.07, 6.45) is 0. The molecule has 2 N–H and O–H groups in total. The zero-order chi connectivity index (χ0) is 20.1. The van der Waals surface area contributed by atoms with Gasteiger partial charge in [-0.25, -0.2) is 4.79 Å². The number of hydrogen-bond acceptors (Lipinski definition) is 4. The standard InChI is InChI=1S/C22H27NO4/c1-14(2)12-23(13-15(3)4)16-9-10-19(20(24)11-16)21(25)17-7-5-6-8-18(17)22(26)27/h5-11,14-15,24H,12-13H2,1-4H3,(H,26,27). The van der Waals surface area contributed by atoms with Crippen LogP contribution in [0.25, 0.3) is 0 Å². The van der Waals surface area contributed by atoms with Crippen LogP contribution in [0.5, 0.6) is 5.75 Å². The molecule has 27 heavy (non-hydrogen) atoms. The fourth-order valence-corrected chi connectivity index (χ4v) is 3.09. The average molecular weight is 369 g/mol. The minimum Gasteiger partial charge on any atom is -0.507 e. The van der Waals surface area contributed by atoms with Gasteiger partial charge < -0.3 is 15.1 Å². The van der Waals surface area contributed by atoms with Crippen LogP contribution in [0.2, 0.25) is 0 Å². The van der Waals surface area contributed by atoms with E-state index in [9.17, 15) is 19.8 Å². The average Bonchev–Trinajstić information content (AvgIpc) is 2.59. The molecule has 0 bridgehead atoms. The maximum atomic E-state index is 12.8. The molecule has 0 spiro atoms. The van der Waals surface area contributed by atoms with E-state index < -0.39 is 11.8 Å². The van der Waals surface area contributed by atoms with Crippen LogP contribution in [0.1, 0.15) is 54.0 Å². The quantitative estimate of drug-likeness (QED) is 0.673. The Hall–Kier alpha value is -2.82. The van der Waals surface area contributed by atoms with Crippen molar-refractivity contribution in [1.82, 2.24) is 0 Å². The van der Waals surface area contributed by atoms with Crippen molar-refractivity contribution in [3.05, 3.63) is 59.2 Å². The van der Waals surface area contributed by atoms with Crippen molar-refractivity contribution in [1.29, 1.82) is 0 Å². The van der Waals surface area contributed by atoms with Crippen molar-refractivity contribution in [2.45, 2.75) is 27.7 Å². The van der Waals surface area contributed by atoms with Crippen LogP contribution in [0.15, 0.2) is 42.5 Å². The van der Waals surface area contributed by atoms with E-state index in [4.69, 9.17) is 0 Å². The second kappa shape index (κ2) is 8.71. The van der Waals surface area contributed by atoms with E-state index in [1.54, 1.807) is 30.3 Å². The molecule has 2 aromatic rings. The highest BCUT2D eigenvalue weighted by Crippen LogP contribution is 2.28. The second-order valence-electron chi connectivity index (χ2n) is 7.57. The number of aromatic carboxylic acids is 1. The molecule has 5 heteroatoms. The lowest BCUT2D eigenvalue weighted by Gasteiger charge is -2.29. The molecule has 0 heterocycles. The number of carbonyl (C=O) groups excluding carboxylic acids is 1. The highest BCUT2D eigenvalue weighted by Gasteiger charge is 2.21. The third-order valence-electron chi connectivity index (χ3n) is 4.16. The Balaban J connectivity index is 2.38. The number of rotatable bonds is 8. The van der Waals surface area contributed by atoms with Gasteiger partial charge >= 0.3 is 5.97 Å². The first-order chi connectivity index (χ1) is 12.7. The maximum Gasteiger partial charge on any atom is 0.336 e. The van der Waals surface area contributed by atoms with Crippen LogP contribution in [-0.2, 0) is 0 Å². The summed E-state index contributed by atoms with van der Waals surface area (Å²) >= 11 is 0. The molecule has 2 aromatic carbocycles. The van der Waals surface area contributed by atoms with Crippen molar-refractivity contribution in [3.8, 4) is 5.75 Å². The van der Waals surface area contributed by atoms with Crippen molar-refractivity contribution in [3.63, 3.8) is 0 Å². The molecular weight excluding hydrogens is 342 g/mol. The SMILES string of the molecule is CC(C)CN(CC(C)C)c1ccc(C(=O)c2ccccc2C(=O)O)c(O)c1. The van der Waals surface area contributed by atoms with Gasteiger partial charge in [-0.15, -0.1) is 0 Å². The fraction of sp³-hybridized carbons (Fsp3) is 0.364. The van der Waals surface area contributed by atoms with Gasteiger partial charge in [-0.3, -0.25) is 4.79 Å². The molecule has 2 rings (SSSR count). The summed E-state index contributed by atoms with van der Waals surface area (Å²) in [4.78, 5) is 26.4. The van der Waals surface area contributed by atoms with Crippen molar-refractivity contribution in [2.24, 2.45) is 11.8 Å². The van der Waals surface area contributed by atoms with E-state index in [2.05, 4.69) is 32.6 Å². The number of aromatic hydroxyl groups is 1. The molecule has 144 valence electrons. The number of anilines is 1. The third-order valence-corrected chi connectivity index (χ3v) is 4.16. The van der Waals surface area contributed by atoms with E-state index >= 15 is 0 Å². The van der Waals surface area contributed by atoms with Crippen molar-refractivity contribution in [2.75, 3.05) is 18.0 Å². The van der Waals surface area contributed by atoms with Crippen LogP contribution in [0.4, 0.5) is 5.69 Å². The summed E-state index contributed by atoms with van der Waals surface area (Å²) in [5, 5.41) is 19.8. The second-order valence-corrected chi connectivity index (χ2v) is 7.57. The Morgan fingerprint density at radius 3 is 1.93 bits per heavy atom. The molecule has 0 atom stereocenters. The molecule has 0 radical (unpaired) electrons. The Morgan fingerprint density at radius 1 is 0.889 bits per heavy atom. The zero-order valence-electron chi connectivity index (χ0n) is 16.3. The van der Waals surface area contributed by atoms with Crippen molar-refractivity contribution < 1.29 is 19.8 Å². The van der Waals surface area contributed by atoms with Crippen LogP contribution in [0, 0.1) is 11.8 Å². The zero-order valence-corrected chi connectivity index (χ0v) is 16.3. The molecule has 0 aliphatic carbocycles. The van der Waals surface area contributed by atoms with E-state index in [1.165, 1.54) is 12.1 Å². The lowest BCUT2D eigenvalue weighted by atomic mass is 9.97. The molecule has 5 nitrogen and oxygen atoms in total. The van der Waals surface area contributed by atoms with Crippen molar-refractivity contribution >= 4 is 17.4 Å². The maximum absolute atomic E-state index is 12.8. The highest BCUT2D eigenvalue weighted by molar-refractivity contribution is 6.15. The molecule has 0 fully saturated rings. The number of benzene rings is 2. The monoisotopic (exact) mass is 369 g/mol. The van der Waals surface area contributed by atoms with E-state index in [0.717, 1.165) is 18.8 Å². The number of phenolic OH excluding ortho intramolecular Hbond substituents is 1. The van der Waals surface area contributed by atoms with Crippen LogP contribution >= 0.6 is 0 Å². The number of carboxylic acid groups (broad SMARTS) is 1. The highest BCUT2D eigenvalue weighted by atomic mass is 16.4. The smallest absolute Gasteiger partial charge is 0.336 e. The molecule has 0 aliphatic heterocycles. The molecule has 0 aromatic heterocycles. The van der Waals surface area contributed by atoms with Gasteiger partial charge in [-0.05, 0) is 30.0 Å². The first-order valence-corrected chi connectivity index (χ1v) is 9.15. The Bertz CT molecular complexity index is 817. The van der Waals surface area contributed by atoms with Crippen LogP contribution < -0.4 is 4.90 Å². The molecule has 0 unspecified atom stereocenters. The van der Waals surface area contributed by atoms with Gasteiger partial charge in [-0.1, -0.05) is 45.9 Å². The molecule has 0 amide bonds. The lowest BCUT2D eigenvalue weighted by Crippen LogP contribution is -2.31. The molecule has 0 saturated carbocycles. The van der Waals surface area contributed by atoms with E-state index in [1.807, 2.05) is 0 Å². The van der Waals surface area contributed by atoms with Gasteiger partial charge in [0.1, 0.15) is 5.75 Å². The van der Waals surface area contributed by atoms with Crippen LogP contribution in [0.3, 0.4) is 0 Å². The van der Waals surface area contributed by atoms with Gasteiger partial charge in [0.05, 0.1) is 11.1 Å². The van der Waals surface area contributed by atoms with E-state index in [-0.39, 0.29) is 22.4 Å². The number of ketones is 1. The first-order valence-electron chi connectivity index (χ1n) is 9.15. The normalized spacial score (nSPS) is 11.0. The number of carboxylic acids is 1. The number of hydrogen-bond donors (Lipinski definition) is 2. The number of carbonyl (C=O) groups is 2. The topological polar surface area (TPSA) is 77.8 Å². The molecule has 0 aliphatic rings. The van der Waals surface area contributed by atoms with Gasteiger partial charge in [0.15, 0.2) is 5.78 Å². The first kappa shape index (κ1) is 20.5. The van der Waals surface area contributed by atoms with Gasteiger partial charge in [0.25, 0.3) is 0 Å². The lowest BCUT2D eigenvalue weighted by molar-refractivity contribution is 0.0692. The fourth-order valence-electron chi connectivity index (χ4n) is 3.09. The number of phenols is 1. The minimum atomic E-state index is -1.17. The van der Waals surface area contributed by atoms with Gasteiger partial charge in [0, 0.05) is 30.4 Å². The van der Waals surface area contributed by atoms with Gasteiger partial charge in [-0.2, -0.15) is 0 Å². The predicted octanol–water partition coefficient (Wildman–Crippen LogP) is 4.44. The Morgan fingerprint density at radius 2 is 1.44 bits per heavy atom. The Labute approximate surface area is 160 Å². The van der Waals surface area contributed by atoms with Crippen LogP contribution in [-0.4, -0.2) is 35.1 Å². The molecular formula is C22H27NO4. The Kier molecular flexibility index (Phi) is 6.61. The number of nitrogens with zero attached hydrogens (tertiary/aromatic N) is 1. The largest absolute Gasteiger partial charge is 0.507 e. The summed E-state index contributed by atoms with van der Waals surface area (Å²) in [5.74, 6) is -0.911.